The number of ether oxygens (including phenoxy) is 1. The summed E-state index contributed by atoms with van der Waals surface area (Å²) >= 11 is 5.91. The molecule has 3 aromatic heterocycles. The standard InChI is InChI=1S/C18H14ClF2N3O2/c1-10-7-23-17(19)6-16(10)24-11(2)3-13(5-18(24)25)26-9-15-14(21)4-12(20)8-22-15/h3-8H,9H2,1-2H3/i9D2. The summed E-state index contributed by atoms with van der Waals surface area (Å²) in [6.07, 6.45) is 2.20. The van der Waals surface area contributed by atoms with Crippen molar-refractivity contribution >= 4 is 11.6 Å². The lowest BCUT2D eigenvalue weighted by Crippen LogP contribution is -2.21. The first-order valence-electron chi connectivity index (χ1n) is 8.45. The van der Waals surface area contributed by atoms with Gasteiger partial charge in [-0.15, -0.1) is 0 Å². The van der Waals surface area contributed by atoms with Gasteiger partial charge in [0.25, 0.3) is 5.56 Å². The molecule has 0 bridgehead atoms. The molecule has 0 fully saturated rings. The maximum Gasteiger partial charge on any atom is 0.259 e. The van der Waals surface area contributed by atoms with E-state index in [1.54, 1.807) is 13.8 Å². The molecule has 0 radical (unpaired) electrons. The first kappa shape index (κ1) is 15.5. The number of aromatic nitrogens is 3. The fourth-order valence-electron chi connectivity index (χ4n) is 2.37. The number of halogens is 3. The molecule has 0 unspecified atom stereocenters. The third-order valence-electron chi connectivity index (χ3n) is 3.55. The van der Waals surface area contributed by atoms with Crippen LogP contribution in [0.25, 0.3) is 5.69 Å². The first-order chi connectivity index (χ1) is 13.1. The number of hydrogen-bond donors (Lipinski definition) is 0. The molecule has 8 heteroatoms. The molecule has 0 saturated carbocycles. The van der Waals surface area contributed by atoms with Crippen molar-refractivity contribution in [3.05, 3.63) is 80.8 Å². The van der Waals surface area contributed by atoms with Crippen LogP contribution < -0.4 is 10.3 Å². The Morgan fingerprint density at radius 3 is 2.65 bits per heavy atom. The Morgan fingerprint density at radius 1 is 1.19 bits per heavy atom. The van der Waals surface area contributed by atoms with Gasteiger partial charge >= 0.3 is 0 Å². The highest BCUT2D eigenvalue weighted by molar-refractivity contribution is 6.29. The van der Waals surface area contributed by atoms with Crippen LogP contribution in [0, 0.1) is 25.5 Å². The molecule has 0 saturated heterocycles. The van der Waals surface area contributed by atoms with Gasteiger partial charge in [-0.3, -0.25) is 14.3 Å². The third-order valence-corrected chi connectivity index (χ3v) is 3.75. The van der Waals surface area contributed by atoms with Crippen LogP contribution in [0.5, 0.6) is 5.75 Å². The molecule has 0 N–H and O–H groups in total. The van der Waals surface area contributed by atoms with Crippen molar-refractivity contribution in [1.29, 1.82) is 0 Å². The second-order valence-electron chi connectivity index (χ2n) is 5.49. The van der Waals surface area contributed by atoms with Gasteiger partial charge in [-0.05, 0) is 25.5 Å². The molecule has 0 aliphatic carbocycles. The van der Waals surface area contributed by atoms with Gasteiger partial charge in [0, 0.05) is 30.1 Å². The molecule has 0 atom stereocenters. The lowest BCUT2D eigenvalue weighted by atomic mass is 10.2. The minimum Gasteiger partial charge on any atom is -0.487 e. The highest BCUT2D eigenvalue weighted by Gasteiger charge is 2.12. The monoisotopic (exact) mass is 379 g/mol. The van der Waals surface area contributed by atoms with Crippen molar-refractivity contribution in [2.45, 2.75) is 20.4 Å². The Kier molecular flexibility index (Phi) is 4.29. The topological polar surface area (TPSA) is 57.0 Å². The van der Waals surface area contributed by atoms with Crippen LogP contribution in [0.15, 0.2) is 41.5 Å². The third kappa shape index (κ3) is 3.72. The summed E-state index contributed by atoms with van der Waals surface area (Å²) in [6.45, 7) is 0.656. The molecule has 0 aromatic carbocycles. The lowest BCUT2D eigenvalue weighted by Gasteiger charge is -2.14. The molecule has 134 valence electrons. The molecule has 0 amide bonds. The number of aryl methyl sites for hydroxylation is 2. The molecule has 5 nitrogen and oxygen atoms in total. The van der Waals surface area contributed by atoms with E-state index in [1.165, 1.54) is 22.9 Å². The Balaban J connectivity index is 2.01. The van der Waals surface area contributed by atoms with Gasteiger partial charge in [0.15, 0.2) is 5.82 Å². The van der Waals surface area contributed by atoms with Crippen molar-refractivity contribution in [3.8, 4) is 11.4 Å². The van der Waals surface area contributed by atoms with Crippen LogP contribution in [-0.4, -0.2) is 14.5 Å². The predicted molar refractivity (Wildman–Crippen MR) is 92.8 cm³/mol. The van der Waals surface area contributed by atoms with Gasteiger partial charge < -0.3 is 4.74 Å². The zero-order valence-electron chi connectivity index (χ0n) is 15.8. The van der Waals surface area contributed by atoms with Crippen LogP contribution >= 0.6 is 11.6 Å². The van der Waals surface area contributed by atoms with E-state index in [0.717, 1.165) is 6.07 Å². The molecule has 0 aliphatic heterocycles. The fourth-order valence-corrected chi connectivity index (χ4v) is 2.52. The van der Waals surface area contributed by atoms with Crippen molar-refractivity contribution < 1.29 is 16.3 Å². The first-order valence-corrected chi connectivity index (χ1v) is 7.83. The fraction of sp³-hybridized carbons (Fsp3) is 0.167. The van der Waals surface area contributed by atoms with Gasteiger partial charge in [-0.1, -0.05) is 11.6 Å². The van der Waals surface area contributed by atoms with E-state index in [0.29, 0.717) is 29.2 Å². The lowest BCUT2D eigenvalue weighted by molar-refractivity contribution is 0.292. The smallest absolute Gasteiger partial charge is 0.259 e. The Labute approximate surface area is 155 Å². The Morgan fingerprint density at radius 2 is 1.96 bits per heavy atom. The zero-order valence-corrected chi connectivity index (χ0v) is 14.5. The maximum absolute atomic E-state index is 13.9. The normalized spacial score (nSPS) is 12.5. The summed E-state index contributed by atoms with van der Waals surface area (Å²) in [4.78, 5) is 20.0. The second-order valence-corrected chi connectivity index (χ2v) is 5.87. The number of hydrogen-bond acceptors (Lipinski definition) is 4. The summed E-state index contributed by atoms with van der Waals surface area (Å²) in [6, 6.07) is 4.50. The number of pyridine rings is 3. The van der Waals surface area contributed by atoms with Gasteiger partial charge in [0.1, 0.15) is 29.0 Å². The van der Waals surface area contributed by atoms with Gasteiger partial charge in [0.05, 0.1) is 14.6 Å². The minimum absolute atomic E-state index is 0.132. The minimum atomic E-state index is -2.72. The molecular formula is C18H14ClF2N3O2. The molecule has 3 aromatic rings. The van der Waals surface area contributed by atoms with E-state index in [2.05, 4.69) is 9.97 Å². The highest BCUT2D eigenvalue weighted by atomic mass is 35.5. The van der Waals surface area contributed by atoms with Crippen molar-refractivity contribution in [2.75, 3.05) is 0 Å². The number of rotatable bonds is 4. The van der Waals surface area contributed by atoms with Crippen LogP contribution in [0.2, 0.25) is 5.15 Å². The van der Waals surface area contributed by atoms with E-state index in [-0.39, 0.29) is 10.9 Å². The van der Waals surface area contributed by atoms with Crippen molar-refractivity contribution in [1.82, 2.24) is 14.5 Å². The summed E-state index contributed by atoms with van der Waals surface area (Å²) in [5.41, 5.74) is 0.409. The molecule has 0 aliphatic rings. The Hall–Kier alpha value is -2.80. The van der Waals surface area contributed by atoms with Crippen LogP contribution in [0.4, 0.5) is 8.78 Å². The van der Waals surface area contributed by atoms with Gasteiger partial charge in [0.2, 0.25) is 0 Å². The maximum atomic E-state index is 13.9. The summed E-state index contributed by atoms with van der Waals surface area (Å²) < 4.78 is 49.3. The van der Waals surface area contributed by atoms with Crippen LogP contribution in [-0.2, 0) is 6.56 Å². The van der Waals surface area contributed by atoms with Gasteiger partial charge in [-0.2, -0.15) is 0 Å². The van der Waals surface area contributed by atoms with E-state index >= 15 is 0 Å². The van der Waals surface area contributed by atoms with Crippen molar-refractivity contribution in [2.24, 2.45) is 0 Å². The molecule has 3 heterocycles. The van der Waals surface area contributed by atoms with E-state index in [1.807, 2.05) is 0 Å². The number of nitrogens with zero attached hydrogens (tertiary/aromatic N) is 3. The summed E-state index contributed by atoms with van der Waals surface area (Å²) in [5, 5.41) is 0.210. The summed E-state index contributed by atoms with van der Waals surface area (Å²) in [5.74, 6) is -2.27. The van der Waals surface area contributed by atoms with E-state index in [4.69, 9.17) is 19.1 Å². The largest absolute Gasteiger partial charge is 0.487 e. The average Bonchev–Trinajstić information content (AvgIpc) is 2.56. The van der Waals surface area contributed by atoms with E-state index < -0.39 is 29.4 Å². The van der Waals surface area contributed by atoms with Crippen LogP contribution in [0.1, 0.15) is 19.7 Å². The molecule has 26 heavy (non-hydrogen) atoms. The quantitative estimate of drug-likeness (QED) is 0.648. The molecule has 3 rings (SSSR count). The predicted octanol–water partition coefficient (Wildman–Crippen LogP) is 3.75. The van der Waals surface area contributed by atoms with Gasteiger partial charge in [-0.25, -0.2) is 13.8 Å². The highest BCUT2D eigenvalue weighted by Crippen LogP contribution is 2.20. The second kappa shape index (κ2) is 7.21. The zero-order chi connectivity index (χ0) is 20.6. The Bertz CT molecular complexity index is 1120. The van der Waals surface area contributed by atoms with Crippen LogP contribution in [0.3, 0.4) is 0 Å². The average molecular weight is 380 g/mol. The van der Waals surface area contributed by atoms with Crippen molar-refractivity contribution in [3.63, 3.8) is 0 Å². The molecular weight excluding hydrogens is 364 g/mol. The SMILES string of the molecule is [2H]C([2H])(Oc1cc(C)n(-c2cc(Cl)ncc2C)c(=O)c1)c1ncc(F)cc1F. The molecule has 0 spiro atoms. The van der Waals surface area contributed by atoms with E-state index in [9.17, 15) is 13.6 Å². The summed E-state index contributed by atoms with van der Waals surface area (Å²) in [7, 11) is 0.